The van der Waals surface area contributed by atoms with Crippen LogP contribution in [-0.4, -0.2) is 24.8 Å². The molecule has 0 radical (unpaired) electrons. The average molecular weight is 164 g/mol. The van der Waals surface area contributed by atoms with Crippen LogP contribution in [0.2, 0.25) is 0 Å². The van der Waals surface area contributed by atoms with Crippen LogP contribution >= 0.6 is 0 Å². The number of aryl methyl sites for hydroxylation is 2. The predicted molar refractivity (Wildman–Crippen MR) is 42.5 cm³/mol. The highest BCUT2D eigenvalue weighted by Gasteiger charge is 2.06. The van der Waals surface area contributed by atoms with Gasteiger partial charge in [-0.1, -0.05) is 0 Å². The van der Waals surface area contributed by atoms with Gasteiger partial charge in [0.15, 0.2) is 11.6 Å². The summed E-state index contributed by atoms with van der Waals surface area (Å²) in [6, 6.07) is 0. The Morgan fingerprint density at radius 2 is 2.00 bits per heavy atom. The second kappa shape index (κ2) is 2.13. The van der Waals surface area contributed by atoms with E-state index < -0.39 is 0 Å². The van der Waals surface area contributed by atoms with Crippen LogP contribution in [0.15, 0.2) is 0 Å². The molecule has 0 aromatic carbocycles. The van der Waals surface area contributed by atoms with Gasteiger partial charge >= 0.3 is 0 Å². The molecule has 0 aliphatic rings. The summed E-state index contributed by atoms with van der Waals surface area (Å²) in [5, 5.41) is 11.7. The summed E-state index contributed by atoms with van der Waals surface area (Å²) in [5.41, 5.74) is 6.11. The van der Waals surface area contributed by atoms with Crippen LogP contribution in [0.5, 0.6) is 0 Å². The van der Waals surface area contributed by atoms with Crippen molar-refractivity contribution in [3.63, 3.8) is 0 Å². The lowest BCUT2D eigenvalue weighted by molar-refractivity contribution is 0.821. The van der Waals surface area contributed by atoms with Crippen LogP contribution in [0.4, 0.5) is 5.82 Å². The number of hydrogen-bond acceptors (Lipinski definition) is 5. The van der Waals surface area contributed by atoms with Crippen molar-refractivity contribution in [1.82, 2.24) is 24.8 Å². The summed E-state index contributed by atoms with van der Waals surface area (Å²) < 4.78 is 1.58. The highest BCUT2D eigenvalue weighted by Crippen LogP contribution is 2.06. The van der Waals surface area contributed by atoms with Gasteiger partial charge in [0.25, 0.3) is 0 Å². The number of nitrogens with zero attached hydrogens (tertiary/aromatic N) is 5. The molecule has 2 heterocycles. The van der Waals surface area contributed by atoms with Gasteiger partial charge < -0.3 is 5.73 Å². The first-order valence-electron chi connectivity index (χ1n) is 3.50. The summed E-state index contributed by atoms with van der Waals surface area (Å²) >= 11 is 0. The van der Waals surface area contributed by atoms with Crippen LogP contribution in [-0.2, 0) is 0 Å². The van der Waals surface area contributed by atoms with E-state index in [2.05, 4.69) is 20.3 Å². The van der Waals surface area contributed by atoms with E-state index in [1.54, 1.807) is 11.4 Å². The van der Waals surface area contributed by atoms with E-state index in [0.29, 0.717) is 23.1 Å². The van der Waals surface area contributed by atoms with Crippen LogP contribution in [0.1, 0.15) is 11.6 Å². The molecule has 0 fully saturated rings. The molecule has 0 aliphatic heterocycles. The van der Waals surface area contributed by atoms with E-state index in [-0.39, 0.29) is 0 Å². The number of anilines is 1. The molecule has 0 saturated heterocycles. The van der Waals surface area contributed by atoms with E-state index in [9.17, 15) is 0 Å². The summed E-state index contributed by atoms with van der Waals surface area (Å²) in [4.78, 5) is 3.96. The second-order valence-electron chi connectivity index (χ2n) is 2.53. The molecule has 6 heteroatoms. The molecule has 0 aliphatic carbocycles. The number of nitrogen functional groups attached to an aromatic ring is 1. The van der Waals surface area contributed by atoms with Crippen molar-refractivity contribution in [3.8, 4) is 0 Å². The third-order valence-corrected chi connectivity index (χ3v) is 1.55. The minimum Gasteiger partial charge on any atom is -0.380 e. The Kier molecular flexibility index (Phi) is 1.24. The summed E-state index contributed by atoms with van der Waals surface area (Å²) in [7, 11) is 0. The van der Waals surface area contributed by atoms with Gasteiger partial charge in [-0.3, -0.25) is 0 Å². The lowest BCUT2D eigenvalue weighted by Gasteiger charge is -1.97. The maximum absolute atomic E-state index is 5.60. The standard InChI is InChI=1S/C6H8N6/c1-3-8-5(7)6-10-9-4(2)12(6)11-3/h1-2H3,(H2,7,8,11). The van der Waals surface area contributed by atoms with E-state index in [1.807, 2.05) is 6.92 Å². The molecule has 0 bridgehead atoms. The molecular weight excluding hydrogens is 156 g/mol. The Hall–Kier alpha value is -1.72. The minimum absolute atomic E-state index is 0.364. The maximum Gasteiger partial charge on any atom is 0.220 e. The smallest absolute Gasteiger partial charge is 0.220 e. The zero-order valence-electron chi connectivity index (χ0n) is 6.81. The number of fused-ring (bicyclic) bond motifs is 1. The monoisotopic (exact) mass is 164 g/mol. The van der Waals surface area contributed by atoms with Gasteiger partial charge in [0.1, 0.15) is 5.82 Å². The molecule has 0 atom stereocenters. The van der Waals surface area contributed by atoms with Crippen molar-refractivity contribution < 1.29 is 0 Å². The fourth-order valence-corrected chi connectivity index (χ4v) is 1.03. The normalized spacial score (nSPS) is 10.8. The van der Waals surface area contributed by atoms with E-state index in [1.165, 1.54) is 0 Å². The fourth-order valence-electron chi connectivity index (χ4n) is 1.03. The molecule has 62 valence electrons. The molecule has 2 aromatic rings. The number of aromatic nitrogens is 5. The van der Waals surface area contributed by atoms with Crippen molar-refractivity contribution in [1.29, 1.82) is 0 Å². The maximum atomic E-state index is 5.60. The van der Waals surface area contributed by atoms with Gasteiger partial charge in [-0.25, -0.2) is 4.98 Å². The largest absolute Gasteiger partial charge is 0.380 e. The molecule has 0 spiro atoms. The van der Waals surface area contributed by atoms with Crippen LogP contribution in [0.3, 0.4) is 0 Å². The van der Waals surface area contributed by atoms with Crippen molar-refractivity contribution in [2.75, 3.05) is 5.73 Å². The zero-order valence-corrected chi connectivity index (χ0v) is 6.81. The van der Waals surface area contributed by atoms with Gasteiger partial charge in [0.05, 0.1) is 0 Å². The Labute approximate surface area is 68.4 Å². The van der Waals surface area contributed by atoms with Crippen molar-refractivity contribution >= 4 is 11.5 Å². The van der Waals surface area contributed by atoms with Gasteiger partial charge in [-0.05, 0) is 13.8 Å². The number of hydrogen-bond donors (Lipinski definition) is 1. The Balaban J connectivity index is 2.92. The van der Waals surface area contributed by atoms with Gasteiger partial charge in [0.2, 0.25) is 5.65 Å². The Morgan fingerprint density at radius 1 is 1.25 bits per heavy atom. The fraction of sp³-hybridized carbons (Fsp3) is 0.333. The topological polar surface area (TPSA) is 82.0 Å². The van der Waals surface area contributed by atoms with Crippen LogP contribution in [0, 0.1) is 13.8 Å². The van der Waals surface area contributed by atoms with E-state index >= 15 is 0 Å². The lowest BCUT2D eigenvalue weighted by Crippen LogP contribution is -2.04. The van der Waals surface area contributed by atoms with Gasteiger partial charge in [-0.15, -0.1) is 15.3 Å². The molecule has 2 aromatic heterocycles. The average Bonchev–Trinajstić information content (AvgIpc) is 2.33. The first-order valence-corrected chi connectivity index (χ1v) is 3.50. The van der Waals surface area contributed by atoms with Gasteiger partial charge in [-0.2, -0.15) is 4.52 Å². The first-order chi connectivity index (χ1) is 5.68. The van der Waals surface area contributed by atoms with Crippen LogP contribution < -0.4 is 5.73 Å². The number of nitrogens with two attached hydrogens (primary N) is 1. The molecule has 0 unspecified atom stereocenters. The van der Waals surface area contributed by atoms with Crippen molar-refractivity contribution in [2.24, 2.45) is 0 Å². The third kappa shape index (κ3) is 0.810. The molecule has 2 N–H and O–H groups in total. The predicted octanol–water partition coefficient (Wildman–Crippen LogP) is -0.282. The zero-order chi connectivity index (χ0) is 8.72. The molecule has 6 nitrogen and oxygen atoms in total. The Morgan fingerprint density at radius 3 is 2.75 bits per heavy atom. The first kappa shape index (κ1) is 6.96. The highest BCUT2D eigenvalue weighted by molar-refractivity contribution is 5.57. The quantitative estimate of drug-likeness (QED) is 0.579. The summed E-state index contributed by atoms with van der Waals surface area (Å²) in [6.07, 6.45) is 0. The van der Waals surface area contributed by atoms with Gasteiger partial charge in [0, 0.05) is 0 Å². The summed E-state index contributed by atoms with van der Waals surface area (Å²) in [5.74, 6) is 1.69. The molecule has 2 rings (SSSR count). The Bertz CT molecular complexity index is 431. The number of rotatable bonds is 0. The molecule has 0 amide bonds. The summed E-state index contributed by atoms with van der Waals surface area (Å²) in [6.45, 7) is 3.58. The van der Waals surface area contributed by atoms with E-state index in [4.69, 9.17) is 5.73 Å². The van der Waals surface area contributed by atoms with E-state index in [0.717, 1.165) is 0 Å². The van der Waals surface area contributed by atoms with Crippen molar-refractivity contribution in [2.45, 2.75) is 13.8 Å². The lowest BCUT2D eigenvalue weighted by atomic mass is 10.6. The minimum atomic E-state index is 0.364. The molecule has 0 saturated carbocycles. The SMILES string of the molecule is Cc1nc(N)c2nnc(C)n2n1. The third-order valence-electron chi connectivity index (χ3n) is 1.55. The van der Waals surface area contributed by atoms with Crippen LogP contribution in [0.25, 0.3) is 5.65 Å². The molecule has 12 heavy (non-hydrogen) atoms. The second-order valence-corrected chi connectivity index (χ2v) is 2.53. The van der Waals surface area contributed by atoms with Crippen molar-refractivity contribution in [3.05, 3.63) is 11.6 Å². The highest BCUT2D eigenvalue weighted by atomic mass is 15.4. The molecular formula is C6H8N6.